The zero-order valence-electron chi connectivity index (χ0n) is 16.4. The summed E-state index contributed by atoms with van der Waals surface area (Å²) in [5.41, 5.74) is 0.663. The molecule has 8 heteroatoms. The zero-order chi connectivity index (χ0) is 20.5. The number of rotatable bonds is 4. The Hall–Kier alpha value is -2.74. The molecule has 8 nitrogen and oxygen atoms in total. The van der Waals surface area contributed by atoms with Gasteiger partial charge in [-0.15, -0.1) is 0 Å². The van der Waals surface area contributed by atoms with Crippen LogP contribution in [0.5, 0.6) is 0 Å². The molecule has 3 heterocycles. The second kappa shape index (κ2) is 7.94. The van der Waals surface area contributed by atoms with E-state index in [4.69, 9.17) is 4.74 Å². The number of carbonyl (C=O) groups is 4. The molecule has 1 N–H and O–H groups in total. The minimum Gasteiger partial charge on any atom is -0.368 e. The molecule has 2 saturated heterocycles. The number of amides is 4. The molecule has 1 aromatic carbocycles. The van der Waals surface area contributed by atoms with Gasteiger partial charge in [0.1, 0.15) is 12.1 Å². The van der Waals surface area contributed by atoms with Crippen LogP contribution in [0.25, 0.3) is 0 Å². The molecule has 0 bridgehead atoms. The summed E-state index contributed by atoms with van der Waals surface area (Å²) in [6.07, 6.45) is 2.64. The number of nitrogens with one attached hydrogen (secondary N) is 1. The van der Waals surface area contributed by atoms with Crippen molar-refractivity contribution in [2.24, 2.45) is 0 Å². The van der Waals surface area contributed by atoms with Crippen LogP contribution < -0.4 is 5.32 Å². The van der Waals surface area contributed by atoms with Gasteiger partial charge in [-0.3, -0.25) is 24.1 Å². The number of fused-ring (bicyclic) bond motifs is 1. The Kier molecular flexibility index (Phi) is 5.36. The zero-order valence-corrected chi connectivity index (χ0v) is 16.4. The SMILES string of the molecule is CC(C(=O)NC1CCN(C(=O)C2CCCO2)CC1)N1C(=O)c2ccccc2C1=O. The third-order valence-electron chi connectivity index (χ3n) is 5.95. The summed E-state index contributed by atoms with van der Waals surface area (Å²) < 4.78 is 5.46. The Morgan fingerprint density at radius 3 is 2.24 bits per heavy atom. The average Bonchev–Trinajstić information content (AvgIpc) is 3.36. The van der Waals surface area contributed by atoms with E-state index in [9.17, 15) is 19.2 Å². The fourth-order valence-electron chi connectivity index (χ4n) is 4.22. The number of nitrogens with zero attached hydrogens (tertiary/aromatic N) is 2. The summed E-state index contributed by atoms with van der Waals surface area (Å²) in [5.74, 6) is -1.20. The second-order valence-corrected chi connectivity index (χ2v) is 7.81. The van der Waals surface area contributed by atoms with Crippen LogP contribution in [0, 0.1) is 0 Å². The Morgan fingerprint density at radius 2 is 1.69 bits per heavy atom. The topological polar surface area (TPSA) is 96.0 Å². The number of hydrogen-bond donors (Lipinski definition) is 1. The molecule has 0 radical (unpaired) electrons. The van der Waals surface area contributed by atoms with Gasteiger partial charge in [-0.1, -0.05) is 12.1 Å². The summed E-state index contributed by atoms with van der Waals surface area (Å²) in [6.45, 7) is 3.32. The molecule has 154 valence electrons. The van der Waals surface area contributed by atoms with E-state index in [0.717, 1.165) is 17.7 Å². The highest BCUT2D eigenvalue weighted by atomic mass is 16.5. The van der Waals surface area contributed by atoms with Crippen molar-refractivity contribution >= 4 is 23.6 Å². The smallest absolute Gasteiger partial charge is 0.262 e. The monoisotopic (exact) mass is 399 g/mol. The molecule has 0 saturated carbocycles. The van der Waals surface area contributed by atoms with E-state index in [0.29, 0.717) is 43.7 Å². The number of benzene rings is 1. The van der Waals surface area contributed by atoms with Gasteiger partial charge in [0.25, 0.3) is 17.7 Å². The lowest BCUT2D eigenvalue weighted by Crippen LogP contribution is -2.53. The van der Waals surface area contributed by atoms with E-state index in [1.165, 1.54) is 0 Å². The van der Waals surface area contributed by atoms with Crippen molar-refractivity contribution in [3.63, 3.8) is 0 Å². The maximum absolute atomic E-state index is 12.7. The van der Waals surface area contributed by atoms with Crippen molar-refractivity contribution in [2.45, 2.75) is 50.8 Å². The fraction of sp³-hybridized carbons (Fsp3) is 0.524. The third kappa shape index (κ3) is 3.64. The fourth-order valence-corrected chi connectivity index (χ4v) is 4.22. The number of piperidine rings is 1. The highest BCUT2D eigenvalue weighted by Crippen LogP contribution is 2.25. The third-order valence-corrected chi connectivity index (χ3v) is 5.95. The summed E-state index contributed by atoms with van der Waals surface area (Å²) in [4.78, 5) is 53.1. The quantitative estimate of drug-likeness (QED) is 0.761. The number of hydrogen-bond acceptors (Lipinski definition) is 5. The predicted molar refractivity (Wildman–Crippen MR) is 103 cm³/mol. The first kappa shape index (κ1) is 19.6. The van der Waals surface area contributed by atoms with Gasteiger partial charge in [-0.2, -0.15) is 0 Å². The lowest BCUT2D eigenvalue weighted by molar-refractivity contribution is -0.142. The number of ether oxygens (including phenoxy) is 1. The van der Waals surface area contributed by atoms with Crippen molar-refractivity contribution in [3.8, 4) is 0 Å². The van der Waals surface area contributed by atoms with Gasteiger partial charge in [0.2, 0.25) is 5.91 Å². The van der Waals surface area contributed by atoms with Crippen LogP contribution in [-0.4, -0.2) is 71.3 Å². The van der Waals surface area contributed by atoms with Gasteiger partial charge in [0.05, 0.1) is 11.1 Å². The molecule has 29 heavy (non-hydrogen) atoms. The van der Waals surface area contributed by atoms with Crippen molar-refractivity contribution in [1.82, 2.24) is 15.1 Å². The second-order valence-electron chi connectivity index (χ2n) is 7.81. The first-order valence-electron chi connectivity index (χ1n) is 10.1. The summed E-state index contributed by atoms with van der Waals surface area (Å²) in [7, 11) is 0. The summed E-state index contributed by atoms with van der Waals surface area (Å²) in [6, 6.07) is 5.61. The first-order chi connectivity index (χ1) is 14.0. The van der Waals surface area contributed by atoms with Crippen LogP contribution in [-0.2, 0) is 14.3 Å². The van der Waals surface area contributed by atoms with Gasteiger partial charge in [0, 0.05) is 25.7 Å². The average molecular weight is 399 g/mol. The Morgan fingerprint density at radius 1 is 1.07 bits per heavy atom. The minimum atomic E-state index is -0.894. The molecular formula is C21H25N3O5. The Balaban J connectivity index is 1.32. The van der Waals surface area contributed by atoms with Gasteiger partial charge >= 0.3 is 0 Å². The Labute approximate surface area is 169 Å². The molecule has 1 aromatic rings. The molecule has 0 aliphatic carbocycles. The molecule has 2 unspecified atom stereocenters. The van der Waals surface area contributed by atoms with Crippen LogP contribution in [0.1, 0.15) is 53.3 Å². The van der Waals surface area contributed by atoms with E-state index >= 15 is 0 Å². The maximum atomic E-state index is 12.7. The highest BCUT2D eigenvalue weighted by Gasteiger charge is 2.41. The van der Waals surface area contributed by atoms with Crippen LogP contribution in [0.3, 0.4) is 0 Å². The lowest BCUT2D eigenvalue weighted by Gasteiger charge is -2.34. The molecule has 2 fully saturated rings. The number of imide groups is 1. The molecule has 2 atom stereocenters. The van der Waals surface area contributed by atoms with E-state index in [1.807, 2.05) is 0 Å². The number of likely N-dealkylation sites (tertiary alicyclic amines) is 1. The van der Waals surface area contributed by atoms with Crippen molar-refractivity contribution in [1.29, 1.82) is 0 Å². The van der Waals surface area contributed by atoms with Gasteiger partial charge in [-0.25, -0.2) is 0 Å². The van der Waals surface area contributed by atoms with Gasteiger partial charge in [-0.05, 0) is 44.7 Å². The van der Waals surface area contributed by atoms with E-state index in [2.05, 4.69) is 5.32 Å². The molecule has 0 aromatic heterocycles. The largest absolute Gasteiger partial charge is 0.368 e. The van der Waals surface area contributed by atoms with Crippen LogP contribution in [0.4, 0.5) is 0 Å². The molecule has 3 aliphatic heterocycles. The highest BCUT2D eigenvalue weighted by molar-refractivity contribution is 6.22. The standard InChI is InChI=1S/C21H25N3O5/c1-13(24-19(26)15-5-2-3-6-16(15)20(24)27)18(25)22-14-8-10-23(11-9-14)21(28)17-7-4-12-29-17/h2-3,5-6,13-14,17H,4,7-12H2,1H3,(H,22,25). The lowest BCUT2D eigenvalue weighted by atomic mass is 10.0. The predicted octanol–water partition coefficient (Wildman–Crippen LogP) is 0.957. The van der Waals surface area contributed by atoms with E-state index < -0.39 is 17.9 Å². The van der Waals surface area contributed by atoms with Gasteiger partial charge < -0.3 is 15.0 Å². The van der Waals surface area contributed by atoms with Crippen molar-refractivity contribution < 1.29 is 23.9 Å². The van der Waals surface area contributed by atoms with Crippen LogP contribution in [0.2, 0.25) is 0 Å². The Bertz CT molecular complexity index is 805. The van der Waals surface area contributed by atoms with Crippen LogP contribution in [0.15, 0.2) is 24.3 Å². The first-order valence-corrected chi connectivity index (χ1v) is 10.1. The summed E-state index contributed by atoms with van der Waals surface area (Å²) in [5, 5.41) is 2.94. The molecular weight excluding hydrogens is 374 g/mol. The van der Waals surface area contributed by atoms with Crippen LogP contribution >= 0.6 is 0 Å². The molecule has 0 spiro atoms. The van der Waals surface area contributed by atoms with E-state index in [-0.39, 0.29) is 24.0 Å². The normalized spacial score (nSPS) is 23.3. The maximum Gasteiger partial charge on any atom is 0.262 e. The van der Waals surface area contributed by atoms with Crippen molar-refractivity contribution in [3.05, 3.63) is 35.4 Å². The van der Waals surface area contributed by atoms with Crippen molar-refractivity contribution in [2.75, 3.05) is 19.7 Å². The number of carbonyl (C=O) groups excluding carboxylic acids is 4. The van der Waals surface area contributed by atoms with E-state index in [1.54, 1.807) is 36.1 Å². The van der Waals surface area contributed by atoms with Gasteiger partial charge in [0.15, 0.2) is 0 Å². The summed E-state index contributed by atoms with van der Waals surface area (Å²) >= 11 is 0. The minimum absolute atomic E-state index is 0.0340. The molecule has 4 amide bonds. The molecule has 4 rings (SSSR count). The molecule has 3 aliphatic rings.